The molecule has 16 rings (SSSR count). The molecule has 7 amide bonds. The fraction of sp³-hybridized carbons (Fsp3) is 0.372. The summed E-state index contributed by atoms with van der Waals surface area (Å²) in [5.74, 6) is 2.26. The standard InChI is InChI=1S/C52H57N9O6.C42H49N7O5/c1-31(2)45(58-51(65)67-6)48(63)61-24-10-22-52(61,3)49-54-29-42(56-49)37-21-20-35-25-34(18-19-36(35)26-37)32-14-16-33(17-15-32)41-28-53-46(55-41)44-13-9-23-60(44)47(62)40(57-50(64)66-5)27-38-30-59(4)43-12-8-7-11-39(38)43;1-25(2)36(47-40(51)53-6)39(50)48-19-7-9-34(48)37-44-24-33(46-37)31-18-17-29-21-28(15-16-30(29)22-31)26-11-13-27(14-12-26)32-23-43-38(45-32)35-10-8-20-49(35)41(52)54-42(3,4)5/h7-8,11-12,14-21,25-26,28-31,40,44-45H,9-10,13,22-24,27H2,1-6H3,(H,53,55)(H,54,56)(H,57,64)(H,58,65);11-18,21-25,34-36H,7-10,19-20H2,1-6H3,(H,43,45)(H,44,46)(H,47,51)/t40-,44+,45+,52+;34-,35-,36-/m10/s1. The number of carbonyl (C=O) groups excluding carboxylic acids is 7. The molecule has 4 saturated heterocycles. The van der Waals surface area contributed by atoms with Crippen LogP contribution in [0.25, 0.3) is 99.7 Å². The molecule has 0 unspecified atom stereocenters. The second-order valence-corrected chi connectivity index (χ2v) is 33.9. The van der Waals surface area contributed by atoms with Gasteiger partial charge in [-0.3, -0.25) is 19.3 Å². The zero-order chi connectivity index (χ0) is 85.1. The summed E-state index contributed by atoms with van der Waals surface area (Å²) in [5.41, 5.74) is 12.7. The summed E-state index contributed by atoms with van der Waals surface area (Å²) in [5, 5.41) is 13.7. The number of rotatable bonds is 20. The van der Waals surface area contributed by atoms with Gasteiger partial charge in [0.05, 0.1) is 92.6 Å². The molecule has 12 aromatic rings. The Hall–Kier alpha value is -13.1. The molecule has 4 fully saturated rings. The van der Waals surface area contributed by atoms with Crippen molar-refractivity contribution in [1.82, 2.24) is 80.0 Å². The number of aryl methyl sites for hydroxylation is 1. The minimum absolute atomic E-state index is 0.0963. The molecule has 9 heterocycles. The molecule has 27 heteroatoms. The van der Waals surface area contributed by atoms with Gasteiger partial charge in [0.15, 0.2) is 0 Å². The van der Waals surface area contributed by atoms with Crippen LogP contribution in [0.15, 0.2) is 177 Å². The normalized spacial score (nSPS) is 18.0. The van der Waals surface area contributed by atoms with Gasteiger partial charge >= 0.3 is 24.4 Å². The number of para-hydroxylation sites is 1. The first-order valence-electron chi connectivity index (χ1n) is 41.7. The van der Waals surface area contributed by atoms with Crippen LogP contribution in [0.3, 0.4) is 0 Å². The summed E-state index contributed by atoms with van der Waals surface area (Å²) in [4.78, 5) is 131. The van der Waals surface area contributed by atoms with Gasteiger partial charge in [0.2, 0.25) is 17.7 Å². The van der Waals surface area contributed by atoms with Crippen molar-refractivity contribution in [2.75, 3.05) is 47.5 Å². The number of imidazole rings is 4. The van der Waals surface area contributed by atoms with Gasteiger partial charge in [-0.05, 0) is 182 Å². The zero-order valence-electron chi connectivity index (χ0n) is 70.6. The zero-order valence-corrected chi connectivity index (χ0v) is 70.6. The van der Waals surface area contributed by atoms with Crippen molar-refractivity contribution in [3.8, 4) is 67.3 Å². The van der Waals surface area contributed by atoms with Crippen molar-refractivity contribution in [2.24, 2.45) is 18.9 Å². The predicted octanol–water partition coefficient (Wildman–Crippen LogP) is 17.0. The minimum Gasteiger partial charge on any atom is -0.453 e. The van der Waals surface area contributed by atoms with Crippen LogP contribution >= 0.6 is 0 Å². The van der Waals surface area contributed by atoms with E-state index in [1.54, 1.807) is 4.90 Å². The number of aromatic nitrogens is 9. The molecule has 628 valence electrons. The van der Waals surface area contributed by atoms with E-state index in [2.05, 4.69) is 162 Å². The molecule has 7 aromatic carbocycles. The number of likely N-dealkylation sites (tertiary alicyclic amines) is 4. The molecule has 121 heavy (non-hydrogen) atoms. The number of benzene rings is 7. The Bertz CT molecular complexity index is 5810. The lowest BCUT2D eigenvalue weighted by molar-refractivity contribution is -0.139. The van der Waals surface area contributed by atoms with Crippen molar-refractivity contribution in [3.63, 3.8) is 0 Å². The largest absolute Gasteiger partial charge is 0.453 e. The lowest BCUT2D eigenvalue weighted by Gasteiger charge is -2.37. The molecule has 0 saturated carbocycles. The Labute approximate surface area is 703 Å². The quantitative estimate of drug-likeness (QED) is 0.0349. The molecule has 0 bridgehead atoms. The molecule has 0 spiro atoms. The number of amides is 7. The summed E-state index contributed by atoms with van der Waals surface area (Å²) in [7, 11) is 5.87. The fourth-order valence-electron chi connectivity index (χ4n) is 17.5. The summed E-state index contributed by atoms with van der Waals surface area (Å²) >= 11 is 0. The number of methoxy groups -OCH3 is 3. The summed E-state index contributed by atoms with van der Waals surface area (Å²) in [6, 6.07) is 47.6. The van der Waals surface area contributed by atoms with Gasteiger partial charge in [0, 0.05) is 67.9 Å². The topological polar surface area (TPSA) is 325 Å². The Balaban J connectivity index is 0.000000193. The fourth-order valence-corrected chi connectivity index (χ4v) is 17.5. The van der Waals surface area contributed by atoms with Crippen LogP contribution in [0.5, 0.6) is 0 Å². The number of ether oxygens (including phenoxy) is 4. The maximum Gasteiger partial charge on any atom is 0.410 e. The van der Waals surface area contributed by atoms with E-state index in [1.165, 1.54) is 21.3 Å². The third kappa shape index (κ3) is 17.7. The van der Waals surface area contributed by atoms with Gasteiger partial charge in [-0.25, -0.2) is 39.1 Å². The van der Waals surface area contributed by atoms with Crippen LogP contribution in [-0.4, -0.2) is 177 Å². The number of hydrogen-bond donors (Lipinski definition) is 7. The van der Waals surface area contributed by atoms with E-state index in [0.717, 1.165) is 168 Å². The lowest BCUT2D eigenvalue weighted by atomic mass is 9.95. The molecule has 0 radical (unpaired) electrons. The average molecular weight is 1640 g/mol. The number of nitrogens with zero attached hydrogens (tertiary/aromatic N) is 9. The van der Waals surface area contributed by atoms with Crippen LogP contribution in [0, 0.1) is 11.8 Å². The summed E-state index contributed by atoms with van der Waals surface area (Å²) in [6.07, 6.45) is 14.0. The van der Waals surface area contributed by atoms with Gasteiger partial charge in [0.1, 0.15) is 47.0 Å². The number of hydrogen-bond acceptors (Lipinski definition) is 15. The van der Waals surface area contributed by atoms with Gasteiger partial charge < -0.3 is 74.1 Å². The van der Waals surface area contributed by atoms with Crippen LogP contribution in [0.2, 0.25) is 0 Å². The van der Waals surface area contributed by atoms with E-state index >= 15 is 0 Å². The first kappa shape index (κ1) is 83.0. The number of fused-ring (bicyclic) bond motifs is 3. The SMILES string of the molecule is COC(=O)N[C@H](C(=O)N1CCC[C@@]1(C)c1ncc(-c2ccc3cc(-c4ccc(-c5cnc([C@@H]6CCCN6C(=O)[C@@H](Cc6cn(C)c7ccccc67)NC(=O)OC)[nH]5)cc4)ccc3c2)[nH]1)C(C)C.COC(=O)N[C@H](C(=O)N1CCC[C@H]1c1ncc(-c2ccc3cc(-c4ccc(-c5cnc([C@@H]6CCCN6C(=O)OC(C)(C)C)[nH]5)cc4)ccc3c2)[nH]1)C(C)C. The lowest BCUT2D eigenvalue weighted by Crippen LogP contribution is -2.55. The van der Waals surface area contributed by atoms with E-state index < -0.39 is 47.5 Å². The molecule has 4 aliphatic heterocycles. The highest BCUT2D eigenvalue weighted by Gasteiger charge is 2.47. The van der Waals surface area contributed by atoms with Crippen LogP contribution < -0.4 is 16.0 Å². The Morgan fingerprint density at radius 2 is 0.876 bits per heavy atom. The number of nitrogens with one attached hydrogen (secondary N) is 7. The van der Waals surface area contributed by atoms with E-state index in [-0.39, 0.29) is 53.8 Å². The highest BCUT2D eigenvalue weighted by molar-refractivity contribution is 5.94. The second-order valence-electron chi connectivity index (χ2n) is 33.9. The van der Waals surface area contributed by atoms with Crippen LogP contribution in [0.4, 0.5) is 19.2 Å². The van der Waals surface area contributed by atoms with Gasteiger partial charge in [-0.2, -0.15) is 0 Å². The first-order chi connectivity index (χ1) is 58.2. The monoisotopic (exact) mass is 1630 g/mol. The molecule has 7 atom stereocenters. The Kier molecular flexibility index (Phi) is 24.1. The van der Waals surface area contributed by atoms with Gasteiger partial charge in [-0.1, -0.05) is 143 Å². The highest BCUT2D eigenvalue weighted by Crippen LogP contribution is 2.42. The number of aromatic amines is 4. The maximum absolute atomic E-state index is 14.3. The van der Waals surface area contributed by atoms with Crippen molar-refractivity contribution in [1.29, 1.82) is 0 Å². The van der Waals surface area contributed by atoms with E-state index in [4.69, 9.17) is 33.9 Å². The van der Waals surface area contributed by atoms with E-state index in [0.29, 0.717) is 44.2 Å². The van der Waals surface area contributed by atoms with Crippen molar-refractivity contribution in [3.05, 3.63) is 205 Å². The van der Waals surface area contributed by atoms with Gasteiger partial charge in [0.25, 0.3) is 0 Å². The van der Waals surface area contributed by atoms with Crippen molar-refractivity contribution in [2.45, 2.75) is 161 Å². The average Bonchev–Trinajstić information content (AvgIpc) is 1.60. The van der Waals surface area contributed by atoms with Crippen molar-refractivity contribution < 1.29 is 52.5 Å². The molecule has 0 aliphatic carbocycles. The van der Waals surface area contributed by atoms with Crippen molar-refractivity contribution >= 4 is 74.5 Å². The summed E-state index contributed by atoms with van der Waals surface area (Å²) in [6.45, 7) is 17.7. The van der Waals surface area contributed by atoms with Crippen LogP contribution in [0.1, 0.15) is 154 Å². The third-order valence-corrected chi connectivity index (χ3v) is 24.0. The number of alkyl carbamates (subject to hydrolysis) is 3. The van der Waals surface area contributed by atoms with Crippen LogP contribution in [-0.2, 0) is 52.3 Å². The predicted molar refractivity (Wildman–Crippen MR) is 464 cm³/mol. The second kappa shape index (κ2) is 35.1. The first-order valence-corrected chi connectivity index (χ1v) is 41.7. The Morgan fingerprint density at radius 3 is 1.36 bits per heavy atom. The summed E-state index contributed by atoms with van der Waals surface area (Å²) < 4.78 is 22.2. The molecule has 5 aromatic heterocycles. The highest BCUT2D eigenvalue weighted by atomic mass is 16.6. The minimum atomic E-state index is -0.817. The van der Waals surface area contributed by atoms with Gasteiger partial charge in [-0.15, -0.1) is 0 Å². The molecular formula is C94H106N16O11. The van der Waals surface area contributed by atoms with E-state index in [1.807, 2.05) is 137 Å². The molecule has 27 nitrogen and oxygen atoms in total. The number of carbonyl (C=O) groups is 7. The molecule has 4 aliphatic rings. The van der Waals surface area contributed by atoms with E-state index in [9.17, 15) is 33.6 Å². The molecule has 7 N–H and O–H groups in total. The smallest absolute Gasteiger partial charge is 0.410 e. The molecular weight excluding hydrogens is 1530 g/mol. The third-order valence-electron chi connectivity index (χ3n) is 24.0. The maximum atomic E-state index is 14.3. The number of H-pyrrole nitrogens is 4. The Morgan fingerprint density at radius 1 is 0.471 bits per heavy atom.